The maximum absolute atomic E-state index is 4.67. The summed E-state index contributed by atoms with van der Waals surface area (Å²) in [5, 5.41) is 6.97. The zero-order valence-corrected chi connectivity index (χ0v) is 13.7. The van der Waals surface area contributed by atoms with E-state index < -0.39 is 0 Å². The van der Waals surface area contributed by atoms with E-state index in [1.165, 1.54) is 19.4 Å². The van der Waals surface area contributed by atoms with Gasteiger partial charge in [0, 0.05) is 31.6 Å². The fourth-order valence-electron chi connectivity index (χ4n) is 2.74. The van der Waals surface area contributed by atoms with Crippen molar-refractivity contribution in [1.29, 1.82) is 0 Å². The highest BCUT2D eigenvalue weighted by Crippen LogP contribution is 2.17. The average Bonchev–Trinajstić information content (AvgIpc) is 2.45. The molecule has 0 amide bonds. The lowest BCUT2D eigenvalue weighted by Gasteiger charge is -2.30. The van der Waals surface area contributed by atoms with Crippen LogP contribution >= 0.6 is 0 Å². The van der Waals surface area contributed by atoms with Crippen molar-refractivity contribution in [2.75, 3.05) is 37.3 Å². The van der Waals surface area contributed by atoms with Crippen molar-refractivity contribution in [3.8, 4) is 0 Å². The van der Waals surface area contributed by atoms with Gasteiger partial charge in [0.25, 0.3) is 0 Å². The van der Waals surface area contributed by atoms with E-state index >= 15 is 0 Å². The normalized spacial score (nSPS) is 19.5. The summed E-state index contributed by atoms with van der Waals surface area (Å²) < 4.78 is 0. The minimum atomic E-state index is 0.493. The Hall–Kier alpha value is -1.36. The van der Waals surface area contributed by atoms with Gasteiger partial charge in [0.2, 0.25) is 0 Å². The molecule has 5 heteroatoms. The quantitative estimate of drug-likeness (QED) is 0.809. The molecule has 0 radical (unpaired) electrons. The van der Waals surface area contributed by atoms with Crippen LogP contribution in [-0.4, -0.2) is 47.6 Å². The fourth-order valence-corrected chi connectivity index (χ4v) is 2.74. The summed E-state index contributed by atoms with van der Waals surface area (Å²) in [5.74, 6) is 2.85. The first-order valence-electron chi connectivity index (χ1n) is 8.28. The Morgan fingerprint density at radius 1 is 1.24 bits per heavy atom. The summed E-state index contributed by atoms with van der Waals surface area (Å²) in [6, 6.07) is 2.54. The minimum Gasteiger partial charge on any atom is -0.370 e. The second-order valence-electron chi connectivity index (χ2n) is 5.98. The van der Waals surface area contributed by atoms with Gasteiger partial charge in [-0.2, -0.15) is 0 Å². The van der Waals surface area contributed by atoms with E-state index in [2.05, 4.69) is 46.4 Å². The maximum atomic E-state index is 4.67. The first-order valence-corrected chi connectivity index (χ1v) is 8.28. The number of anilines is 2. The van der Waals surface area contributed by atoms with Crippen LogP contribution in [0, 0.1) is 0 Å². The average molecular weight is 291 g/mol. The number of hydrogen-bond donors (Lipinski definition) is 2. The van der Waals surface area contributed by atoms with E-state index in [-0.39, 0.29) is 0 Å². The number of hydrogen-bond acceptors (Lipinski definition) is 5. The summed E-state index contributed by atoms with van der Waals surface area (Å²) in [5.41, 5.74) is 0. The SMILES string of the molecule is CCCNc1cc(NC2CCCN(C)C2)nc(CCC)n1. The molecule has 1 fully saturated rings. The van der Waals surface area contributed by atoms with Gasteiger partial charge in [-0.15, -0.1) is 0 Å². The molecule has 1 unspecified atom stereocenters. The van der Waals surface area contributed by atoms with Crippen molar-refractivity contribution < 1.29 is 0 Å². The van der Waals surface area contributed by atoms with Crippen LogP contribution in [-0.2, 0) is 6.42 Å². The van der Waals surface area contributed by atoms with Crippen molar-refractivity contribution in [3.05, 3.63) is 11.9 Å². The topological polar surface area (TPSA) is 53.1 Å². The van der Waals surface area contributed by atoms with Gasteiger partial charge in [-0.25, -0.2) is 9.97 Å². The van der Waals surface area contributed by atoms with E-state index in [9.17, 15) is 0 Å². The second kappa shape index (κ2) is 8.17. The Kier molecular flexibility index (Phi) is 6.23. The number of likely N-dealkylation sites (N-methyl/N-ethyl adjacent to an activating group) is 1. The molecule has 5 nitrogen and oxygen atoms in total. The third kappa shape index (κ3) is 5.16. The first kappa shape index (κ1) is 16.0. The lowest BCUT2D eigenvalue weighted by molar-refractivity contribution is 0.260. The molecule has 2 rings (SSSR count). The molecule has 1 aliphatic heterocycles. The zero-order chi connectivity index (χ0) is 15.1. The highest BCUT2D eigenvalue weighted by molar-refractivity contribution is 5.48. The van der Waals surface area contributed by atoms with E-state index in [0.717, 1.165) is 49.8 Å². The zero-order valence-electron chi connectivity index (χ0n) is 13.7. The van der Waals surface area contributed by atoms with Crippen LogP contribution in [0.25, 0.3) is 0 Å². The van der Waals surface area contributed by atoms with Crippen molar-refractivity contribution in [3.63, 3.8) is 0 Å². The molecule has 1 aromatic rings. The molecular weight excluding hydrogens is 262 g/mol. The van der Waals surface area contributed by atoms with Gasteiger partial charge in [0.15, 0.2) is 0 Å². The minimum absolute atomic E-state index is 0.493. The van der Waals surface area contributed by atoms with Crippen LogP contribution in [0.5, 0.6) is 0 Å². The summed E-state index contributed by atoms with van der Waals surface area (Å²) in [7, 11) is 2.19. The van der Waals surface area contributed by atoms with Gasteiger partial charge in [-0.3, -0.25) is 0 Å². The van der Waals surface area contributed by atoms with Crippen molar-refractivity contribution in [1.82, 2.24) is 14.9 Å². The number of nitrogens with zero attached hydrogens (tertiary/aromatic N) is 3. The number of piperidine rings is 1. The number of aromatic nitrogens is 2. The Bertz CT molecular complexity index is 435. The van der Waals surface area contributed by atoms with Gasteiger partial charge in [0.05, 0.1) is 0 Å². The second-order valence-corrected chi connectivity index (χ2v) is 5.98. The summed E-state index contributed by atoms with van der Waals surface area (Å²) >= 11 is 0. The van der Waals surface area contributed by atoms with Crippen molar-refractivity contribution in [2.45, 2.75) is 52.0 Å². The number of likely N-dealkylation sites (tertiary alicyclic amines) is 1. The largest absolute Gasteiger partial charge is 0.370 e. The van der Waals surface area contributed by atoms with Gasteiger partial charge in [0.1, 0.15) is 17.5 Å². The molecule has 0 aliphatic carbocycles. The van der Waals surface area contributed by atoms with Gasteiger partial charge in [-0.05, 0) is 39.3 Å². The molecule has 118 valence electrons. The number of nitrogens with one attached hydrogen (secondary N) is 2. The molecule has 0 bridgehead atoms. The third-order valence-corrected chi connectivity index (χ3v) is 3.78. The predicted octanol–water partition coefficient (Wildman–Crippen LogP) is 2.76. The summed E-state index contributed by atoms with van der Waals surface area (Å²) in [6.45, 7) is 7.57. The lowest BCUT2D eigenvalue weighted by atomic mass is 10.1. The fraction of sp³-hybridized carbons (Fsp3) is 0.750. The highest BCUT2D eigenvalue weighted by Gasteiger charge is 2.17. The molecule has 1 atom stereocenters. The van der Waals surface area contributed by atoms with Crippen LogP contribution in [0.15, 0.2) is 6.07 Å². The van der Waals surface area contributed by atoms with Gasteiger partial charge < -0.3 is 15.5 Å². The Morgan fingerprint density at radius 2 is 2.05 bits per heavy atom. The van der Waals surface area contributed by atoms with Crippen LogP contribution in [0.2, 0.25) is 0 Å². The van der Waals surface area contributed by atoms with E-state index in [1.54, 1.807) is 0 Å². The molecule has 1 aliphatic rings. The lowest BCUT2D eigenvalue weighted by Crippen LogP contribution is -2.40. The van der Waals surface area contributed by atoms with Gasteiger partial charge >= 0.3 is 0 Å². The Morgan fingerprint density at radius 3 is 2.76 bits per heavy atom. The molecular formula is C16H29N5. The third-order valence-electron chi connectivity index (χ3n) is 3.78. The highest BCUT2D eigenvalue weighted by atomic mass is 15.2. The van der Waals surface area contributed by atoms with Crippen molar-refractivity contribution in [2.24, 2.45) is 0 Å². The standard InChI is InChI=1S/C16H29N5/c1-4-7-14-19-15(17-9-5-2)11-16(20-14)18-13-8-6-10-21(3)12-13/h11,13H,4-10,12H2,1-3H3,(H2,17,18,19,20). The van der Waals surface area contributed by atoms with Crippen LogP contribution in [0.4, 0.5) is 11.6 Å². The molecule has 1 saturated heterocycles. The van der Waals surface area contributed by atoms with Gasteiger partial charge in [-0.1, -0.05) is 13.8 Å². The van der Waals surface area contributed by atoms with E-state index in [1.807, 2.05) is 6.07 Å². The number of rotatable bonds is 7. The smallest absolute Gasteiger partial charge is 0.133 e. The van der Waals surface area contributed by atoms with E-state index in [0.29, 0.717) is 6.04 Å². The molecule has 0 spiro atoms. The van der Waals surface area contributed by atoms with E-state index in [4.69, 9.17) is 0 Å². The maximum Gasteiger partial charge on any atom is 0.133 e. The van der Waals surface area contributed by atoms with Crippen LogP contribution in [0.3, 0.4) is 0 Å². The first-order chi connectivity index (χ1) is 10.2. The molecule has 0 saturated carbocycles. The molecule has 1 aromatic heterocycles. The van der Waals surface area contributed by atoms with Crippen LogP contribution in [0.1, 0.15) is 45.4 Å². The Balaban J connectivity index is 2.06. The number of aryl methyl sites for hydroxylation is 1. The molecule has 0 aromatic carbocycles. The Labute approximate surface area is 128 Å². The summed E-state index contributed by atoms with van der Waals surface area (Å²) in [6.07, 6.45) is 5.57. The molecule has 21 heavy (non-hydrogen) atoms. The summed E-state index contributed by atoms with van der Waals surface area (Å²) in [4.78, 5) is 11.6. The molecule has 2 N–H and O–H groups in total. The monoisotopic (exact) mass is 291 g/mol. The van der Waals surface area contributed by atoms with Crippen LogP contribution < -0.4 is 10.6 Å². The van der Waals surface area contributed by atoms with Crippen molar-refractivity contribution >= 4 is 11.6 Å². The predicted molar refractivity (Wildman–Crippen MR) is 88.9 cm³/mol. The molecule has 2 heterocycles.